The van der Waals surface area contributed by atoms with E-state index in [1.807, 2.05) is 6.07 Å². The number of fused-ring (bicyclic) bond motifs is 1. The molecule has 0 unspecified atom stereocenters. The van der Waals surface area contributed by atoms with Crippen molar-refractivity contribution in [3.8, 4) is 0 Å². The number of carbonyl (C=O) groups excluding carboxylic acids is 1. The molecule has 1 aromatic carbocycles. The minimum Gasteiger partial charge on any atom is -0.339 e. The number of aryl methyl sites for hydroxylation is 1. The number of nitrogens with zero attached hydrogens (tertiary/aromatic N) is 5. The van der Waals surface area contributed by atoms with Crippen molar-refractivity contribution in [1.29, 1.82) is 0 Å². The second kappa shape index (κ2) is 8.78. The fraction of sp³-hybridized carbons (Fsp3) is 0.458. The molecule has 2 fully saturated rings. The maximum absolute atomic E-state index is 13.8. The number of rotatable bonds is 6. The average molecular weight is 458 g/mol. The number of aromatic nitrogens is 3. The Kier molecular flexibility index (Phi) is 5.82. The van der Waals surface area contributed by atoms with Crippen LogP contribution in [0.3, 0.4) is 0 Å². The number of amides is 1. The van der Waals surface area contributed by atoms with Gasteiger partial charge in [-0.2, -0.15) is 5.10 Å². The lowest BCUT2D eigenvalue weighted by Crippen LogP contribution is -2.49. The summed E-state index contributed by atoms with van der Waals surface area (Å²) in [5, 5.41) is 4.74. The first-order valence-corrected chi connectivity index (χ1v) is 11.3. The van der Waals surface area contributed by atoms with E-state index in [1.54, 1.807) is 17.9 Å². The molecule has 1 saturated heterocycles. The normalized spacial score (nSPS) is 17.3. The van der Waals surface area contributed by atoms with Crippen molar-refractivity contribution in [3.63, 3.8) is 0 Å². The summed E-state index contributed by atoms with van der Waals surface area (Å²) in [6, 6.07) is 8.04. The molecule has 1 amide bonds. The van der Waals surface area contributed by atoms with Gasteiger partial charge in [-0.25, -0.2) is 22.8 Å². The number of halogens is 3. The largest absolute Gasteiger partial charge is 0.339 e. The molecule has 0 spiro atoms. The lowest BCUT2D eigenvalue weighted by molar-refractivity contribution is -0.133. The van der Waals surface area contributed by atoms with Crippen LogP contribution in [-0.2, 0) is 17.9 Å². The molecule has 3 aromatic rings. The molecule has 1 aliphatic heterocycles. The van der Waals surface area contributed by atoms with E-state index in [-0.39, 0.29) is 29.8 Å². The van der Waals surface area contributed by atoms with Gasteiger partial charge in [0.1, 0.15) is 12.4 Å². The standard InChI is InChI=1S/C24H26F3N5O/c1-15-22-19(23(26)27)12-20(17-5-6-17)28-24(22)32(29-15)14-21(33)31-9-7-30(8-10-31)13-16-3-2-4-18(25)11-16/h2-4,11-12,17,23H,5-10,13-14H2,1H3. The van der Waals surface area contributed by atoms with Crippen molar-refractivity contribution in [2.45, 2.75) is 45.2 Å². The lowest BCUT2D eigenvalue weighted by atomic mass is 10.1. The van der Waals surface area contributed by atoms with Gasteiger partial charge < -0.3 is 4.90 Å². The quantitative estimate of drug-likeness (QED) is 0.561. The van der Waals surface area contributed by atoms with Crippen molar-refractivity contribution >= 4 is 16.9 Å². The number of benzene rings is 1. The summed E-state index contributed by atoms with van der Waals surface area (Å²) in [6.07, 6.45) is -0.716. The van der Waals surface area contributed by atoms with Gasteiger partial charge >= 0.3 is 0 Å². The highest BCUT2D eigenvalue weighted by Crippen LogP contribution is 2.41. The first-order chi connectivity index (χ1) is 15.9. The number of hydrogen-bond donors (Lipinski definition) is 0. The van der Waals surface area contributed by atoms with E-state index in [4.69, 9.17) is 0 Å². The highest BCUT2D eigenvalue weighted by atomic mass is 19.3. The van der Waals surface area contributed by atoms with Gasteiger partial charge in [-0.1, -0.05) is 12.1 Å². The van der Waals surface area contributed by atoms with Crippen molar-refractivity contribution < 1.29 is 18.0 Å². The predicted octanol–water partition coefficient (Wildman–Crippen LogP) is 4.04. The van der Waals surface area contributed by atoms with E-state index >= 15 is 0 Å². The Hall–Kier alpha value is -2.94. The van der Waals surface area contributed by atoms with Crippen LogP contribution in [0.15, 0.2) is 30.3 Å². The molecule has 174 valence electrons. The first-order valence-electron chi connectivity index (χ1n) is 11.3. The zero-order valence-corrected chi connectivity index (χ0v) is 18.5. The van der Waals surface area contributed by atoms with Gasteiger partial charge in [0.15, 0.2) is 5.65 Å². The Labute approximate surface area is 190 Å². The second-order valence-corrected chi connectivity index (χ2v) is 8.94. The van der Waals surface area contributed by atoms with Crippen LogP contribution in [-0.4, -0.2) is 56.7 Å². The minimum atomic E-state index is -2.62. The minimum absolute atomic E-state index is 0.0297. The van der Waals surface area contributed by atoms with Crippen LogP contribution in [0.2, 0.25) is 0 Å². The van der Waals surface area contributed by atoms with Gasteiger partial charge in [0.05, 0.1) is 11.1 Å². The fourth-order valence-electron chi connectivity index (χ4n) is 4.55. The third-order valence-electron chi connectivity index (χ3n) is 6.46. The second-order valence-electron chi connectivity index (χ2n) is 8.94. The molecule has 2 aromatic heterocycles. The molecule has 0 bridgehead atoms. The van der Waals surface area contributed by atoms with Crippen LogP contribution in [0.1, 0.15) is 47.7 Å². The molecule has 5 rings (SSSR count). The highest BCUT2D eigenvalue weighted by molar-refractivity contribution is 5.85. The maximum atomic E-state index is 13.8. The van der Waals surface area contributed by atoms with Crippen molar-refractivity contribution in [2.24, 2.45) is 0 Å². The summed E-state index contributed by atoms with van der Waals surface area (Å²) in [5.74, 6) is -0.143. The molecule has 6 nitrogen and oxygen atoms in total. The molecule has 0 N–H and O–H groups in total. The molecule has 1 saturated carbocycles. The Bertz CT molecular complexity index is 1180. The van der Waals surface area contributed by atoms with Gasteiger partial charge in [-0.3, -0.25) is 9.69 Å². The van der Waals surface area contributed by atoms with E-state index in [9.17, 15) is 18.0 Å². The van der Waals surface area contributed by atoms with E-state index in [2.05, 4.69) is 15.0 Å². The van der Waals surface area contributed by atoms with Crippen LogP contribution in [0.4, 0.5) is 13.2 Å². The van der Waals surface area contributed by atoms with Crippen LogP contribution in [0.5, 0.6) is 0 Å². The average Bonchev–Trinajstić information content (AvgIpc) is 3.59. The van der Waals surface area contributed by atoms with Gasteiger partial charge in [0.25, 0.3) is 6.43 Å². The summed E-state index contributed by atoms with van der Waals surface area (Å²) in [6.45, 7) is 4.75. The number of piperazine rings is 1. The molecule has 9 heteroatoms. The molecule has 2 aliphatic rings. The maximum Gasteiger partial charge on any atom is 0.264 e. The van der Waals surface area contributed by atoms with Gasteiger partial charge in [0.2, 0.25) is 5.91 Å². The molecule has 1 aliphatic carbocycles. The number of carbonyl (C=O) groups is 1. The first kappa shape index (κ1) is 21.9. The summed E-state index contributed by atoms with van der Waals surface area (Å²) >= 11 is 0. The molecular weight excluding hydrogens is 431 g/mol. The monoisotopic (exact) mass is 457 g/mol. The highest BCUT2D eigenvalue weighted by Gasteiger charge is 2.30. The Morgan fingerprint density at radius 2 is 1.91 bits per heavy atom. The third kappa shape index (κ3) is 4.59. The van der Waals surface area contributed by atoms with E-state index in [0.29, 0.717) is 55.1 Å². The van der Waals surface area contributed by atoms with Crippen LogP contribution in [0.25, 0.3) is 11.0 Å². The molecule has 33 heavy (non-hydrogen) atoms. The topological polar surface area (TPSA) is 54.3 Å². The van der Waals surface area contributed by atoms with Crippen LogP contribution < -0.4 is 0 Å². The zero-order valence-electron chi connectivity index (χ0n) is 18.5. The van der Waals surface area contributed by atoms with Gasteiger partial charge in [0, 0.05) is 49.9 Å². The molecule has 0 atom stereocenters. The van der Waals surface area contributed by atoms with Gasteiger partial charge in [-0.15, -0.1) is 0 Å². The number of pyridine rings is 1. The Morgan fingerprint density at radius 1 is 1.15 bits per heavy atom. The van der Waals surface area contributed by atoms with E-state index in [0.717, 1.165) is 18.4 Å². The molecular formula is C24H26F3N5O. The molecule has 0 radical (unpaired) electrons. The summed E-state index contributed by atoms with van der Waals surface area (Å²) in [7, 11) is 0. The van der Waals surface area contributed by atoms with E-state index < -0.39 is 6.43 Å². The fourth-order valence-corrected chi connectivity index (χ4v) is 4.55. The number of hydrogen-bond acceptors (Lipinski definition) is 4. The van der Waals surface area contributed by atoms with E-state index in [1.165, 1.54) is 22.9 Å². The summed E-state index contributed by atoms with van der Waals surface area (Å²) in [4.78, 5) is 21.6. The van der Waals surface area contributed by atoms with Crippen molar-refractivity contribution in [1.82, 2.24) is 24.6 Å². The summed E-state index contributed by atoms with van der Waals surface area (Å²) in [5.41, 5.74) is 2.34. The predicted molar refractivity (Wildman–Crippen MR) is 117 cm³/mol. The zero-order chi connectivity index (χ0) is 23.1. The SMILES string of the molecule is Cc1nn(CC(=O)N2CCN(Cc3cccc(F)c3)CC2)c2nc(C3CC3)cc(C(F)F)c12. The smallest absolute Gasteiger partial charge is 0.264 e. The van der Waals surface area contributed by atoms with Crippen molar-refractivity contribution in [2.75, 3.05) is 26.2 Å². The van der Waals surface area contributed by atoms with Crippen LogP contribution in [0, 0.1) is 12.7 Å². The van der Waals surface area contributed by atoms with Gasteiger partial charge in [-0.05, 0) is 43.5 Å². The molecule has 3 heterocycles. The Balaban J connectivity index is 1.29. The Morgan fingerprint density at radius 3 is 2.58 bits per heavy atom. The lowest BCUT2D eigenvalue weighted by Gasteiger charge is -2.34. The van der Waals surface area contributed by atoms with Crippen molar-refractivity contribution in [3.05, 3.63) is 58.7 Å². The van der Waals surface area contributed by atoms with Crippen LogP contribution >= 0.6 is 0 Å². The summed E-state index contributed by atoms with van der Waals surface area (Å²) < 4.78 is 42.4. The number of alkyl halides is 2. The third-order valence-corrected chi connectivity index (χ3v) is 6.46.